The highest BCUT2D eigenvalue weighted by Gasteiger charge is 2.24. The van der Waals surface area contributed by atoms with Crippen molar-refractivity contribution in [2.45, 2.75) is 19.4 Å². The van der Waals surface area contributed by atoms with Gasteiger partial charge in [-0.25, -0.2) is 4.98 Å². The number of amides is 1. The average Bonchev–Trinajstić information content (AvgIpc) is 1.99. The molecule has 0 aromatic carbocycles. The second kappa shape index (κ2) is 3.75. The van der Waals surface area contributed by atoms with Crippen LogP contribution in [0.3, 0.4) is 0 Å². The van der Waals surface area contributed by atoms with Gasteiger partial charge in [-0.1, -0.05) is 6.07 Å². The fourth-order valence-corrected chi connectivity index (χ4v) is 1.34. The van der Waals surface area contributed by atoms with Gasteiger partial charge in [0.25, 0.3) is 0 Å². The normalized spacial score (nSPS) is 19.9. The minimum Gasteiger partial charge on any atom is -0.309 e. The van der Waals surface area contributed by atoms with Crippen molar-refractivity contribution < 1.29 is 4.79 Å². The van der Waals surface area contributed by atoms with Gasteiger partial charge in [-0.3, -0.25) is 4.79 Å². The average molecular weight is 191 g/mol. The van der Waals surface area contributed by atoms with E-state index in [0.717, 1.165) is 18.7 Å². The number of aryl methyl sites for hydroxylation is 1. The number of rotatable bonds is 2. The third kappa shape index (κ3) is 1.90. The Balaban J connectivity index is 1.99. The molecular formula is C10H13N3O. The van der Waals surface area contributed by atoms with Crippen LogP contribution in [-0.2, 0) is 4.79 Å². The predicted octanol–water partition coefficient (Wildman–Crippen LogP) is 0.690. The maximum Gasteiger partial charge on any atom is 0.242 e. The fraction of sp³-hybridized carbons (Fsp3) is 0.400. The summed E-state index contributed by atoms with van der Waals surface area (Å²) >= 11 is 0. The molecule has 1 aliphatic heterocycles. The summed E-state index contributed by atoms with van der Waals surface area (Å²) in [5.74, 6) is 0.637. The van der Waals surface area contributed by atoms with E-state index in [-0.39, 0.29) is 11.9 Å². The van der Waals surface area contributed by atoms with E-state index in [4.69, 9.17) is 0 Å². The number of nitrogens with one attached hydrogen (secondary N) is 2. The summed E-state index contributed by atoms with van der Waals surface area (Å²) < 4.78 is 0. The number of hydrogen-bond donors (Lipinski definition) is 2. The Kier molecular flexibility index (Phi) is 2.45. The van der Waals surface area contributed by atoms with E-state index in [1.807, 2.05) is 19.1 Å². The molecule has 2 rings (SSSR count). The maximum absolute atomic E-state index is 11.5. The summed E-state index contributed by atoms with van der Waals surface area (Å²) in [4.78, 5) is 15.7. The summed E-state index contributed by atoms with van der Waals surface area (Å²) in [5.41, 5.74) is 0.907. The molecule has 1 aromatic heterocycles. The lowest BCUT2D eigenvalue weighted by molar-refractivity contribution is -0.119. The summed E-state index contributed by atoms with van der Waals surface area (Å²) in [6, 6.07) is 5.55. The number of carbonyl (C=O) groups is 1. The molecule has 0 saturated carbocycles. The quantitative estimate of drug-likeness (QED) is 0.723. The van der Waals surface area contributed by atoms with Gasteiger partial charge in [0.15, 0.2) is 0 Å². The summed E-state index contributed by atoms with van der Waals surface area (Å²) in [6.45, 7) is 2.83. The molecule has 4 nitrogen and oxygen atoms in total. The minimum atomic E-state index is -0.0303. The van der Waals surface area contributed by atoms with E-state index in [0.29, 0.717) is 5.82 Å². The molecule has 1 saturated heterocycles. The van der Waals surface area contributed by atoms with Crippen LogP contribution in [0.15, 0.2) is 18.2 Å². The Hall–Kier alpha value is -1.42. The van der Waals surface area contributed by atoms with E-state index < -0.39 is 0 Å². The second-order valence-corrected chi connectivity index (χ2v) is 3.45. The molecule has 1 aromatic rings. The second-order valence-electron chi connectivity index (χ2n) is 3.45. The molecule has 74 valence electrons. The van der Waals surface area contributed by atoms with Crippen molar-refractivity contribution in [2.75, 3.05) is 11.9 Å². The summed E-state index contributed by atoms with van der Waals surface area (Å²) in [5, 5.41) is 5.81. The van der Waals surface area contributed by atoms with Crippen molar-refractivity contribution in [1.82, 2.24) is 10.3 Å². The summed E-state index contributed by atoms with van der Waals surface area (Å²) in [7, 11) is 0. The molecule has 1 amide bonds. The molecular weight excluding hydrogens is 178 g/mol. The smallest absolute Gasteiger partial charge is 0.242 e. The summed E-state index contributed by atoms with van der Waals surface area (Å²) in [6.07, 6.45) is 0.914. The van der Waals surface area contributed by atoms with Crippen LogP contribution >= 0.6 is 0 Å². The molecule has 0 bridgehead atoms. The molecule has 0 spiro atoms. The largest absolute Gasteiger partial charge is 0.309 e. The number of nitrogens with zero attached hydrogens (tertiary/aromatic N) is 1. The topological polar surface area (TPSA) is 54.0 Å². The van der Waals surface area contributed by atoms with Crippen molar-refractivity contribution in [3.05, 3.63) is 23.9 Å². The molecule has 2 heterocycles. The van der Waals surface area contributed by atoms with Crippen LogP contribution in [0.2, 0.25) is 0 Å². The van der Waals surface area contributed by atoms with Gasteiger partial charge in [0.05, 0.1) is 6.04 Å². The molecule has 2 N–H and O–H groups in total. The number of aromatic nitrogens is 1. The molecule has 0 aliphatic carbocycles. The van der Waals surface area contributed by atoms with Gasteiger partial charge >= 0.3 is 0 Å². The first-order chi connectivity index (χ1) is 6.75. The first-order valence-corrected chi connectivity index (χ1v) is 4.73. The molecule has 0 radical (unpaired) electrons. The highest BCUT2D eigenvalue weighted by molar-refractivity contribution is 5.94. The molecule has 1 aliphatic rings. The van der Waals surface area contributed by atoms with Crippen molar-refractivity contribution in [2.24, 2.45) is 0 Å². The van der Waals surface area contributed by atoms with Crippen LogP contribution < -0.4 is 10.6 Å². The van der Waals surface area contributed by atoms with Gasteiger partial charge in [0.2, 0.25) is 5.91 Å². The van der Waals surface area contributed by atoms with Gasteiger partial charge in [-0.05, 0) is 32.0 Å². The Morgan fingerprint density at radius 1 is 1.64 bits per heavy atom. The zero-order valence-electron chi connectivity index (χ0n) is 8.08. The number of hydrogen-bond acceptors (Lipinski definition) is 3. The van der Waals surface area contributed by atoms with Crippen molar-refractivity contribution >= 4 is 11.7 Å². The van der Waals surface area contributed by atoms with Gasteiger partial charge in [-0.15, -0.1) is 0 Å². The third-order valence-corrected chi connectivity index (χ3v) is 2.28. The van der Waals surface area contributed by atoms with E-state index in [1.165, 1.54) is 0 Å². The van der Waals surface area contributed by atoms with Gasteiger partial charge in [0, 0.05) is 5.69 Å². The lowest BCUT2D eigenvalue weighted by Crippen LogP contribution is -2.50. The predicted molar refractivity (Wildman–Crippen MR) is 54.0 cm³/mol. The molecule has 14 heavy (non-hydrogen) atoms. The monoisotopic (exact) mass is 191 g/mol. The van der Waals surface area contributed by atoms with Gasteiger partial charge in [-0.2, -0.15) is 0 Å². The zero-order valence-corrected chi connectivity index (χ0v) is 8.08. The maximum atomic E-state index is 11.5. The van der Waals surface area contributed by atoms with Crippen LogP contribution in [0.1, 0.15) is 12.1 Å². The first kappa shape index (κ1) is 9.15. The Labute approximate surface area is 82.7 Å². The van der Waals surface area contributed by atoms with Crippen LogP contribution in [0, 0.1) is 6.92 Å². The van der Waals surface area contributed by atoms with Crippen LogP contribution in [-0.4, -0.2) is 23.5 Å². The highest BCUT2D eigenvalue weighted by atomic mass is 16.2. The van der Waals surface area contributed by atoms with Crippen molar-refractivity contribution in [1.29, 1.82) is 0 Å². The molecule has 0 unspecified atom stereocenters. The van der Waals surface area contributed by atoms with Crippen molar-refractivity contribution in [3.63, 3.8) is 0 Å². The zero-order chi connectivity index (χ0) is 9.97. The number of anilines is 1. The van der Waals surface area contributed by atoms with E-state index in [9.17, 15) is 4.79 Å². The highest BCUT2D eigenvalue weighted by Crippen LogP contribution is 2.08. The lowest BCUT2D eigenvalue weighted by atomic mass is 10.1. The van der Waals surface area contributed by atoms with E-state index in [2.05, 4.69) is 15.6 Å². The van der Waals surface area contributed by atoms with Gasteiger partial charge < -0.3 is 10.6 Å². The van der Waals surface area contributed by atoms with Crippen LogP contribution in [0.25, 0.3) is 0 Å². The SMILES string of the molecule is Cc1cccc(NC(=O)[C@@H]2CCN2)n1. The van der Waals surface area contributed by atoms with Gasteiger partial charge in [0.1, 0.15) is 5.82 Å². The van der Waals surface area contributed by atoms with E-state index in [1.54, 1.807) is 6.07 Å². The number of carbonyl (C=O) groups excluding carboxylic acids is 1. The standard InChI is InChI=1S/C10H13N3O/c1-7-3-2-4-9(12-7)13-10(14)8-5-6-11-8/h2-4,8,11H,5-6H2,1H3,(H,12,13,14)/t8-/m0/s1. The lowest BCUT2D eigenvalue weighted by Gasteiger charge is -2.25. The van der Waals surface area contributed by atoms with Crippen LogP contribution in [0.5, 0.6) is 0 Å². The molecule has 4 heteroatoms. The third-order valence-electron chi connectivity index (χ3n) is 2.28. The van der Waals surface area contributed by atoms with Crippen molar-refractivity contribution in [3.8, 4) is 0 Å². The first-order valence-electron chi connectivity index (χ1n) is 4.73. The molecule has 1 atom stereocenters. The van der Waals surface area contributed by atoms with Crippen LogP contribution in [0.4, 0.5) is 5.82 Å². The number of pyridine rings is 1. The Morgan fingerprint density at radius 3 is 3.00 bits per heavy atom. The Bertz CT molecular complexity index is 347. The minimum absolute atomic E-state index is 0.00866. The molecule has 1 fully saturated rings. The Morgan fingerprint density at radius 2 is 2.43 bits per heavy atom. The fourth-order valence-electron chi connectivity index (χ4n) is 1.34. The van der Waals surface area contributed by atoms with E-state index >= 15 is 0 Å².